The Kier molecular flexibility index (Phi) is 2.52. The van der Waals surface area contributed by atoms with E-state index in [9.17, 15) is 0 Å². The van der Waals surface area contributed by atoms with Crippen LogP contribution in [0.25, 0.3) is 10.9 Å². The molecule has 0 aliphatic rings. The van der Waals surface area contributed by atoms with Crippen LogP contribution in [-0.4, -0.2) is 4.98 Å². The van der Waals surface area contributed by atoms with Crippen LogP contribution in [-0.2, 0) is 0 Å². The molecule has 0 aliphatic carbocycles. The molecular weight excluding hydrogens is 240 g/mol. The number of pyridine rings is 1. The number of rotatable bonds is 1. The second kappa shape index (κ2) is 3.67. The molecule has 2 nitrogen and oxygen atoms in total. The SMILES string of the molecule is CC(N)c1ccnc2ccc(Br)cc12. The maximum atomic E-state index is 5.89. The van der Waals surface area contributed by atoms with E-state index in [0.717, 1.165) is 20.9 Å². The minimum atomic E-state index is 0.0369. The first-order chi connectivity index (χ1) is 6.68. The van der Waals surface area contributed by atoms with Gasteiger partial charge in [0.15, 0.2) is 0 Å². The second-order valence-corrected chi connectivity index (χ2v) is 4.27. The third kappa shape index (κ3) is 1.65. The fourth-order valence-electron chi connectivity index (χ4n) is 1.54. The van der Waals surface area contributed by atoms with E-state index in [2.05, 4.69) is 27.0 Å². The van der Waals surface area contributed by atoms with Crippen LogP contribution in [0.15, 0.2) is 34.9 Å². The molecule has 1 atom stereocenters. The summed E-state index contributed by atoms with van der Waals surface area (Å²) < 4.78 is 1.06. The van der Waals surface area contributed by atoms with Gasteiger partial charge in [-0.1, -0.05) is 15.9 Å². The summed E-state index contributed by atoms with van der Waals surface area (Å²) in [5.41, 5.74) is 8.01. The lowest BCUT2D eigenvalue weighted by Gasteiger charge is -2.09. The fourth-order valence-corrected chi connectivity index (χ4v) is 1.90. The zero-order valence-corrected chi connectivity index (χ0v) is 9.45. The lowest BCUT2D eigenvalue weighted by molar-refractivity contribution is 0.825. The maximum absolute atomic E-state index is 5.89. The Morgan fingerprint density at radius 2 is 2.14 bits per heavy atom. The number of nitrogens with two attached hydrogens (primary N) is 1. The highest BCUT2D eigenvalue weighted by Gasteiger charge is 2.05. The van der Waals surface area contributed by atoms with Crippen molar-refractivity contribution in [3.63, 3.8) is 0 Å². The summed E-state index contributed by atoms with van der Waals surface area (Å²) in [6, 6.07) is 8.04. The quantitative estimate of drug-likeness (QED) is 0.846. The first-order valence-electron chi connectivity index (χ1n) is 4.48. The Morgan fingerprint density at radius 1 is 1.36 bits per heavy atom. The summed E-state index contributed by atoms with van der Waals surface area (Å²) in [5, 5.41) is 1.12. The van der Waals surface area contributed by atoms with E-state index in [4.69, 9.17) is 5.73 Å². The number of hydrogen-bond acceptors (Lipinski definition) is 2. The van der Waals surface area contributed by atoms with Gasteiger partial charge in [0.05, 0.1) is 5.52 Å². The molecule has 72 valence electrons. The van der Waals surface area contributed by atoms with Gasteiger partial charge in [-0.15, -0.1) is 0 Å². The van der Waals surface area contributed by atoms with E-state index in [1.54, 1.807) is 6.20 Å². The third-order valence-electron chi connectivity index (χ3n) is 2.23. The molecule has 0 amide bonds. The van der Waals surface area contributed by atoms with E-state index >= 15 is 0 Å². The molecule has 2 N–H and O–H groups in total. The van der Waals surface area contributed by atoms with Crippen LogP contribution in [0.5, 0.6) is 0 Å². The normalized spacial score (nSPS) is 13.1. The molecule has 0 radical (unpaired) electrons. The molecule has 0 aliphatic heterocycles. The molecule has 0 saturated carbocycles. The number of benzene rings is 1. The van der Waals surface area contributed by atoms with E-state index in [0.29, 0.717) is 0 Å². The van der Waals surface area contributed by atoms with Crippen molar-refractivity contribution in [1.29, 1.82) is 0 Å². The molecule has 0 bridgehead atoms. The Labute approximate surface area is 91.3 Å². The van der Waals surface area contributed by atoms with E-state index < -0.39 is 0 Å². The second-order valence-electron chi connectivity index (χ2n) is 3.35. The lowest BCUT2D eigenvalue weighted by atomic mass is 10.0. The molecule has 2 aromatic rings. The van der Waals surface area contributed by atoms with Crippen molar-refractivity contribution >= 4 is 26.8 Å². The number of halogens is 1. The van der Waals surface area contributed by atoms with Gasteiger partial charge in [0, 0.05) is 22.1 Å². The Balaban J connectivity index is 2.77. The Bertz CT molecular complexity index is 466. The minimum absolute atomic E-state index is 0.0369. The number of aromatic nitrogens is 1. The Morgan fingerprint density at radius 3 is 2.86 bits per heavy atom. The third-order valence-corrected chi connectivity index (χ3v) is 2.72. The zero-order chi connectivity index (χ0) is 10.1. The summed E-state index contributed by atoms with van der Waals surface area (Å²) in [6.07, 6.45) is 1.80. The standard InChI is InChI=1S/C11H11BrN2/c1-7(13)9-4-5-14-11-3-2-8(12)6-10(9)11/h2-7H,13H2,1H3. The van der Waals surface area contributed by atoms with Crippen molar-refractivity contribution in [2.75, 3.05) is 0 Å². The molecular formula is C11H11BrN2. The number of fused-ring (bicyclic) bond motifs is 1. The van der Waals surface area contributed by atoms with Gasteiger partial charge in [-0.2, -0.15) is 0 Å². The van der Waals surface area contributed by atoms with E-state index in [1.807, 2.05) is 25.1 Å². The van der Waals surface area contributed by atoms with Crippen molar-refractivity contribution in [1.82, 2.24) is 4.98 Å². The minimum Gasteiger partial charge on any atom is -0.324 e. The summed E-state index contributed by atoms with van der Waals surface area (Å²) in [7, 11) is 0. The van der Waals surface area contributed by atoms with Crippen molar-refractivity contribution in [3.8, 4) is 0 Å². The topological polar surface area (TPSA) is 38.9 Å². The van der Waals surface area contributed by atoms with Crippen LogP contribution in [0, 0.1) is 0 Å². The smallest absolute Gasteiger partial charge is 0.0706 e. The summed E-state index contributed by atoms with van der Waals surface area (Å²) in [4.78, 5) is 4.29. The molecule has 14 heavy (non-hydrogen) atoms. The molecule has 3 heteroatoms. The van der Waals surface area contributed by atoms with Crippen LogP contribution < -0.4 is 5.73 Å². The highest BCUT2D eigenvalue weighted by Crippen LogP contribution is 2.24. The number of nitrogens with zero attached hydrogens (tertiary/aromatic N) is 1. The Hall–Kier alpha value is -0.930. The highest BCUT2D eigenvalue weighted by atomic mass is 79.9. The van der Waals surface area contributed by atoms with Gasteiger partial charge in [-0.25, -0.2) is 0 Å². The van der Waals surface area contributed by atoms with E-state index in [1.165, 1.54) is 0 Å². The van der Waals surface area contributed by atoms with Crippen LogP contribution in [0.1, 0.15) is 18.5 Å². The summed E-state index contributed by atoms with van der Waals surface area (Å²) >= 11 is 3.45. The van der Waals surface area contributed by atoms with Crippen molar-refractivity contribution in [3.05, 3.63) is 40.5 Å². The van der Waals surface area contributed by atoms with Crippen LogP contribution in [0.2, 0.25) is 0 Å². The first kappa shape index (κ1) is 9.62. The molecule has 1 aromatic heterocycles. The highest BCUT2D eigenvalue weighted by molar-refractivity contribution is 9.10. The van der Waals surface area contributed by atoms with Crippen molar-refractivity contribution in [2.45, 2.75) is 13.0 Å². The molecule has 1 heterocycles. The largest absolute Gasteiger partial charge is 0.324 e. The fraction of sp³-hybridized carbons (Fsp3) is 0.182. The molecule has 0 saturated heterocycles. The van der Waals surface area contributed by atoms with Gasteiger partial charge < -0.3 is 5.73 Å². The van der Waals surface area contributed by atoms with Crippen molar-refractivity contribution < 1.29 is 0 Å². The molecule has 0 spiro atoms. The lowest BCUT2D eigenvalue weighted by Crippen LogP contribution is -2.05. The predicted octanol–water partition coefficient (Wildman–Crippen LogP) is 3.02. The van der Waals surface area contributed by atoms with Gasteiger partial charge in [0.25, 0.3) is 0 Å². The summed E-state index contributed by atoms with van der Waals surface area (Å²) in [6.45, 7) is 1.98. The van der Waals surface area contributed by atoms with Gasteiger partial charge in [-0.05, 0) is 36.8 Å². The molecule has 2 rings (SSSR count). The molecule has 1 unspecified atom stereocenters. The van der Waals surface area contributed by atoms with Gasteiger partial charge >= 0.3 is 0 Å². The molecule has 0 fully saturated rings. The first-order valence-corrected chi connectivity index (χ1v) is 5.27. The van der Waals surface area contributed by atoms with Crippen molar-refractivity contribution in [2.24, 2.45) is 5.73 Å². The van der Waals surface area contributed by atoms with Crippen LogP contribution >= 0.6 is 15.9 Å². The van der Waals surface area contributed by atoms with Gasteiger partial charge in [0.1, 0.15) is 0 Å². The van der Waals surface area contributed by atoms with Crippen LogP contribution in [0.3, 0.4) is 0 Å². The van der Waals surface area contributed by atoms with Crippen LogP contribution in [0.4, 0.5) is 0 Å². The molecule has 1 aromatic carbocycles. The average molecular weight is 251 g/mol. The van der Waals surface area contributed by atoms with Gasteiger partial charge in [-0.3, -0.25) is 4.98 Å². The maximum Gasteiger partial charge on any atom is 0.0706 e. The predicted molar refractivity (Wildman–Crippen MR) is 62.0 cm³/mol. The number of hydrogen-bond donors (Lipinski definition) is 1. The average Bonchev–Trinajstić information content (AvgIpc) is 2.16. The zero-order valence-electron chi connectivity index (χ0n) is 7.87. The monoisotopic (exact) mass is 250 g/mol. The van der Waals surface area contributed by atoms with E-state index in [-0.39, 0.29) is 6.04 Å². The summed E-state index contributed by atoms with van der Waals surface area (Å²) in [5.74, 6) is 0. The van der Waals surface area contributed by atoms with Gasteiger partial charge in [0.2, 0.25) is 0 Å².